The van der Waals surface area contributed by atoms with Crippen molar-refractivity contribution in [2.75, 3.05) is 12.4 Å². The Labute approximate surface area is 106 Å². The summed E-state index contributed by atoms with van der Waals surface area (Å²) in [5.41, 5.74) is 3.22. The van der Waals surface area contributed by atoms with Crippen LogP contribution in [0.25, 0.3) is 0 Å². The molecular weight excluding hydrogens is 234 g/mol. The van der Waals surface area contributed by atoms with Crippen LogP contribution in [0.15, 0.2) is 42.5 Å². The second kappa shape index (κ2) is 5.11. The molecule has 2 aromatic carbocycles. The van der Waals surface area contributed by atoms with E-state index in [4.69, 9.17) is 16.3 Å². The molecule has 0 bridgehead atoms. The van der Waals surface area contributed by atoms with Gasteiger partial charge < -0.3 is 10.1 Å². The van der Waals surface area contributed by atoms with Crippen molar-refractivity contribution < 1.29 is 4.74 Å². The monoisotopic (exact) mass is 247 g/mol. The number of methoxy groups -OCH3 is 1. The van der Waals surface area contributed by atoms with Gasteiger partial charge in [0.25, 0.3) is 0 Å². The standard InChI is InChI=1S/C14H14ClNO/c1-10-9-13(17-2)7-8-14(10)16-12-5-3-11(15)4-6-12/h3-9,16H,1-2H3. The van der Waals surface area contributed by atoms with Crippen LogP contribution in [0.2, 0.25) is 5.02 Å². The number of aryl methyl sites for hydroxylation is 1. The Morgan fingerprint density at radius 3 is 2.35 bits per heavy atom. The molecule has 0 saturated heterocycles. The van der Waals surface area contributed by atoms with Gasteiger partial charge in [-0.25, -0.2) is 0 Å². The van der Waals surface area contributed by atoms with E-state index < -0.39 is 0 Å². The Morgan fingerprint density at radius 2 is 1.76 bits per heavy atom. The van der Waals surface area contributed by atoms with E-state index in [1.165, 1.54) is 0 Å². The number of halogens is 1. The van der Waals surface area contributed by atoms with E-state index in [0.29, 0.717) is 0 Å². The molecule has 1 N–H and O–H groups in total. The molecule has 88 valence electrons. The maximum absolute atomic E-state index is 5.84. The lowest BCUT2D eigenvalue weighted by Gasteiger charge is -2.10. The highest BCUT2D eigenvalue weighted by Crippen LogP contribution is 2.25. The zero-order chi connectivity index (χ0) is 12.3. The Bertz CT molecular complexity index is 508. The first-order valence-electron chi connectivity index (χ1n) is 5.36. The fraction of sp³-hybridized carbons (Fsp3) is 0.143. The highest BCUT2D eigenvalue weighted by molar-refractivity contribution is 6.30. The third kappa shape index (κ3) is 2.92. The van der Waals surface area contributed by atoms with E-state index in [9.17, 15) is 0 Å². The average molecular weight is 248 g/mol. The van der Waals surface area contributed by atoms with E-state index in [1.54, 1.807) is 7.11 Å². The lowest BCUT2D eigenvalue weighted by Crippen LogP contribution is -1.93. The molecule has 0 heterocycles. The van der Waals surface area contributed by atoms with Gasteiger partial charge >= 0.3 is 0 Å². The second-order valence-electron chi connectivity index (χ2n) is 3.81. The van der Waals surface area contributed by atoms with Crippen molar-refractivity contribution in [1.29, 1.82) is 0 Å². The first-order chi connectivity index (χ1) is 8.19. The fourth-order valence-electron chi connectivity index (χ4n) is 1.59. The predicted octanol–water partition coefficient (Wildman–Crippen LogP) is 4.40. The highest BCUT2D eigenvalue weighted by Gasteiger charge is 2.00. The van der Waals surface area contributed by atoms with Crippen LogP contribution in [-0.4, -0.2) is 7.11 Å². The van der Waals surface area contributed by atoms with Crippen LogP contribution in [0.1, 0.15) is 5.56 Å². The molecular formula is C14H14ClNO. The number of nitrogens with one attached hydrogen (secondary N) is 1. The molecule has 3 heteroatoms. The summed E-state index contributed by atoms with van der Waals surface area (Å²) in [5.74, 6) is 0.865. The van der Waals surface area contributed by atoms with Gasteiger partial charge in [-0.1, -0.05) is 11.6 Å². The topological polar surface area (TPSA) is 21.3 Å². The van der Waals surface area contributed by atoms with Crippen molar-refractivity contribution in [3.05, 3.63) is 53.1 Å². The molecule has 0 aliphatic heterocycles. The highest BCUT2D eigenvalue weighted by atomic mass is 35.5. The Morgan fingerprint density at radius 1 is 1.06 bits per heavy atom. The van der Waals surface area contributed by atoms with Gasteiger partial charge in [0.05, 0.1) is 7.11 Å². The van der Waals surface area contributed by atoms with Gasteiger partial charge in [0.1, 0.15) is 5.75 Å². The number of benzene rings is 2. The molecule has 2 rings (SSSR count). The SMILES string of the molecule is COc1ccc(Nc2ccc(Cl)cc2)c(C)c1. The van der Waals surface area contributed by atoms with Crippen LogP contribution < -0.4 is 10.1 Å². The summed E-state index contributed by atoms with van der Waals surface area (Å²) in [6.07, 6.45) is 0. The normalized spacial score (nSPS) is 10.1. The average Bonchev–Trinajstić information content (AvgIpc) is 2.34. The van der Waals surface area contributed by atoms with Gasteiger partial charge in [-0.05, 0) is 55.0 Å². The lowest BCUT2D eigenvalue weighted by atomic mass is 10.2. The molecule has 2 nitrogen and oxygen atoms in total. The van der Waals surface area contributed by atoms with Gasteiger partial charge in [0, 0.05) is 16.4 Å². The minimum atomic E-state index is 0.738. The van der Waals surface area contributed by atoms with Crippen LogP contribution >= 0.6 is 11.6 Å². The lowest BCUT2D eigenvalue weighted by molar-refractivity contribution is 0.414. The van der Waals surface area contributed by atoms with E-state index in [1.807, 2.05) is 49.4 Å². The number of hydrogen-bond donors (Lipinski definition) is 1. The van der Waals surface area contributed by atoms with Crippen molar-refractivity contribution >= 4 is 23.0 Å². The van der Waals surface area contributed by atoms with Gasteiger partial charge in [-0.2, -0.15) is 0 Å². The number of rotatable bonds is 3. The minimum Gasteiger partial charge on any atom is -0.497 e. The van der Waals surface area contributed by atoms with Gasteiger partial charge in [-0.3, -0.25) is 0 Å². The van der Waals surface area contributed by atoms with Crippen LogP contribution in [-0.2, 0) is 0 Å². The zero-order valence-corrected chi connectivity index (χ0v) is 10.6. The Kier molecular flexibility index (Phi) is 3.55. The van der Waals surface area contributed by atoms with E-state index in [-0.39, 0.29) is 0 Å². The fourth-order valence-corrected chi connectivity index (χ4v) is 1.72. The second-order valence-corrected chi connectivity index (χ2v) is 4.25. The summed E-state index contributed by atoms with van der Waals surface area (Å²) < 4.78 is 5.17. The van der Waals surface area contributed by atoms with Crippen molar-refractivity contribution in [1.82, 2.24) is 0 Å². The smallest absolute Gasteiger partial charge is 0.119 e. The van der Waals surface area contributed by atoms with Crippen molar-refractivity contribution in [2.24, 2.45) is 0 Å². The van der Waals surface area contributed by atoms with E-state index in [2.05, 4.69) is 5.32 Å². The Balaban J connectivity index is 2.21. The summed E-state index contributed by atoms with van der Waals surface area (Å²) in [4.78, 5) is 0. The third-order valence-corrected chi connectivity index (χ3v) is 2.81. The summed E-state index contributed by atoms with van der Waals surface area (Å²) in [7, 11) is 1.67. The molecule has 0 amide bonds. The van der Waals surface area contributed by atoms with E-state index in [0.717, 1.165) is 27.7 Å². The summed E-state index contributed by atoms with van der Waals surface area (Å²) in [6.45, 7) is 2.04. The number of ether oxygens (including phenoxy) is 1. The number of anilines is 2. The molecule has 0 radical (unpaired) electrons. The van der Waals surface area contributed by atoms with Crippen LogP contribution in [0, 0.1) is 6.92 Å². The van der Waals surface area contributed by atoms with Crippen LogP contribution in [0.5, 0.6) is 5.75 Å². The summed E-state index contributed by atoms with van der Waals surface area (Å²) in [6, 6.07) is 13.6. The molecule has 0 aliphatic rings. The molecule has 0 saturated carbocycles. The largest absolute Gasteiger partial charge is 0.497 e. The molecule has 0 aromatic heterocycles. The minimum absolute atomic E-state index is 0.738. The van der Waals surface area contributed by atoms with Gasteiger partial charge in [-0.15, -0.1) is 0 Å². The molecule has 2 aromatic rings. The quantitative estimate of drug-likeness (QED) is 0.868. The zero-order valence-electron chi connectivity index (χ0n) is 9.83. The van der Waals surface area contributed by atoms with Gasteiger partial charge in [0.2, 0.25) is 0 Å². The van der Waals surface area contributed by atoms with Crippen molar-refractivity contribution in [2.45, 2.75) is 6.92 Å². The molecule has 0 aliphatic carbocycles. The summed E-state index contributed by atoms with van der Waals surface area (Å²) in [5, 5.41) is 4.07. The van der Waals surface area contributed by atoms with Crippen LogP contribution in [0.4, 0.5) is 11.4 Å². The summed E-state index contributed by atoms with van der Waals surface area (Å²) >= 11 is 5.84. The maximum Gasteiger partial charge on any atom is 0.119 e. The molecule has 0 unspecified atom stereocenters. The predicted molar refractivity (Wildman–Crippen MR) is 72.5 cm³/mol. The van der Waals surface area contributed by atoms with Crippen molar-refractivity contribution in [3.8, 4) is 5.75 Å². The Hall–Kier alpha value is -1.67. The van der Waals surface area contributed by atoms with Gasteiger partial charge in [0.15, 0.2) is 0 Å². The van der Waals surface area contributed by atoms with Crippen LogP contribution in [0.3, 0.4) is 0 Å². The van der Waals surface area contributed by atoms with E-state index >= 15 is 0 Å². The molecule has 0 spiro atoms. The maximum atomic E-state index is 5.84. The number of hydrogen-bond acceptors (Lipinski definition) is 2. The first-order valence-corrected chi connectivity index (χ1v) is 5.74. The van der Waals surface area contributed by atoms with Crippen molar-refractivity contribution in [3.63, 3.8) is 0 Å². The molecule has 17 heavy (non-hydrogen) atoms. The molecule has 0 fully saturated rings. The third-order valence-electron chi connectivity index (χ3n) is 2.56. The molecule has 0 atom stereocenters. The first kappa shape index (κ1) is 11.8.